The van der Waals surface area contributed by atoms with Gasteiger partial charge in [-0.1, -0.05) is 70.2 Å². The molecule has 106 valence electrons. The highest BCUT2D eigenvalue weighted by Crippen LogP contribution is 2.37. The van der Waals surface area contributed by atoms with Gasteiger partial charge in [0.15, 0.2) is 0 Å². The normalized spacial score (nSPS) is 20.0. The Balaban J connectivity index is 2.02. The molecule has 0 nitrogen and oxygen atoms in total. The summed E-state index contributed by atoms with van der Waals surface area (Å²) in [5.74, 6) is 1.27. The van der Waals surface area contributed by atoms with Crippen LogP contribution in [0.15, 0.2) is 24.3 Å². The molecule has 0 heterocycles. The van der Waals surface area contributed by atoms with Gasteiger partial charge >= 0.3 is 0 Å². The molecule has 0 aliphatic heterocycles. The third kappa shape index (κ3) is 4.24. The van der Waals surface area contributed by atoms with E-state index < -0.39 is 0 Å². The average molecular weight is 279 g/mol. The quantitative estimate of drug-likeness (QED) is 0.557. The van der Waals surface area contributed by atoms with Crippen LogP contribution in [0.5, 0.6) is 0 Å². The van der Waals surface area contributed by atoms with Crippen LogP contribution in [0.4, 0.5) is 0 Å². The fraction of sp³-hybridized carbons (Fsp3) is 0.667. The van der Waals surface area contributed by atoms with Crippen molar-refractivity contribution < 1.29 is 0 Å². The van der Waals surface area contributed by atoms with Crippen LogP contribution < -0.4 is 0 Å². The number of alkyl halides is 1. The first-order valence-electron chi connectivity index (χ1n) is 7.92. The van der Waals surface area contributed by atoms with Crippen molar-refractivity contribution in [2.75, 3.05) is 0 Å². The van der Waals surface area contributed by atoms with Gasteiger partial charge in [0.05, 0.1) is 5.38 Å². The molecule has 1 aliphatic rings. The Morgan fingerprint density at radius 1 is 0.842 bits per heavy atom. The molecule has 1 unspecified atom stereocenters. The SMILES string of the molecule is CC(C)c1ccc(C(Cl)C2CCCCCCC2)cc1. The molecular weight excluding hydrogens is 252 g/mol. The molecule has 1 aromatic rings. The van der Waals surface area contributed by atoms with E-state index in [-0.39, 0.29) is 5.38 Å². The third-order valence-corrected chi connectivity index (χ3v) is 5.09. The molecule has 1 aliphatic carbocycles. The lowest BCUT2D eigenvalue weighted by Crippen LogP contribution is -2.10. The predicted molar refractivity (Wildman–Crippen MR) is 84.9 cm³/mol. The standard InChI is InChI=1S/C18H27Cl/c1-14(2)15-10-12-17(13-11-15)18(19)16-8-6-4-3-5-7-9-16/h10-14,16,18H,3-9H2,1-2H3. The topological polar surface area (TPSA) is 0 Å². The van der Waals surface area contributed by atoms with E-state index in [2.05, 4.69) is 38.1 Å². The lowest BCUT2D eigenvalue weighted by molar-refractivity contribution is 0.368. The Hall–Kier alpha value is -0.490. The van der Waals surface area contributed by atoms with Crippen molar-refractivity contribution in [3.63, 3.8) is 0 Å². The Labute approximate surface area is 123 Å². The van der Waals surface area contributed by atoms with Crippen LogP contribution in [0.25, 0.3) is 0 Å². The zero-order valence-electron chi connectivity index (χ0n) is 12.4. The van der Waals surface area contributed by atoms with Crippen molar-refractivity contribution >= 4 is 11.6 Å². The van der Waals surface area contributed by atoms with E-state index in [1.54, 1.807) is 0 Å². The first-order valence-corrected chi connectivity index (χ1v) is 8.36. The predicted octanol–water partition coefficient (Wildman–Crippen LogP) is 6.45. The second-order valence-electron chi connectivity index (χ2n) is 6.33. The Morgan fingerprint density at radius 2 is 1.32 bits per heavy atom. The van der Waals surface area contributed by atoms with Gasteiger partial charge < -0.3 is 0 Å². The first kappa shape index (κ1) is 14.9. The Kier molecular flexibility index (Phi) is 5.76. The summed E-state index contributed by atoms with van der Waals surface area (Å²) in [6, 6.07) is 8.98. The molecule has 0 bridgehead atoms. The summed E-state index contributed by atoms with van der Waals surface area (Å²) in [6.07, 6.45) is 9.54. The molecule has 0 amide bonds. The molecule has 1 aromatic carbocycles. The van der Waals surface area contributed by atoms with Gasteiger partial charge in [-0.25, -0.2) is 0 Å². The van der Waals surface area contributed by atoms with Crippen LogP contribution in [0.3, 0.4) is 0 Å². The number of hydrogen-bond donors (Lipinski definition) is 0. The van der Waals surface area contributed by atoms with E-state index in [1.807, 2.05) is 0 Å². The fourth-order valence-corrected chi connectivity index (χ4v) is 3.51. The van der Waals surface area contributed by atoms with Gasteiger partial charge in [0.1, 0.15) is 0 Å². The lowest BCUT2D eigenvalue weighted by atomic mass is 9.86. The smallest absolute Gasteiger partial charge is 0.0613 e. The second-order valence-corrected chi connectivity index (χ2v) is 6.80. The zero-order chi connectivity index (χ0) is 13.7. The fourth-order valence-electron chi connectivity index (χ4n) is 3.12. The molecule has 2 rings (SSSR count). The Bertz CT molecular complexity index is 358. The summed E-state index contributed by atoms with van der Waals surface area (Å²) >= 11 is 6.74. The maximum Gasteiger partial charge on any atom is 0.0613 e. The zero-order valence-corrected chi connectivity index (χ0v) is 13.1. The number of hydrogen-bond acceptors (Lipinski definition) is 0. The van der Waals surface area contributed by atoms with Gasteiger partial charge in [0, 0.05) is 0 Å². The summed E-state index contributed by atoms with van der Waals surface area (Å²) in [7, 11) is 0. The van der Waals surface area contributed by atoms with E-state index in [0.29, 0.717) is 11.8 Å². The van der Waals surface area contributed by atoms with Crippen molar-refractivity contribution in [3.05, 3.63) is 35.4 Å². The van der Waals surface area contributed by atoms with E-state index in [9.17, 15) is 0 Å². The lowest BCUT2D eigenvalue weighted by Gasteiger charge is -2.25. The van der Waals surface area contributed by atoms with Crippen LogP contribution in [-0.4, -0.2) is 0 Å². The minimum atomic E-state index is 0.208. The maximum absolute atomic E-state index is 6.74. The van der Waals surface area contributed by atoms with Crippen LogP contribution in [0, 0.1) is 5.92 Å². The molecule has 1 heteroatoms. The van der Waals surface area contributed by atoms with Crippen LogP contribution in [0.1, 0.15) is 81.2 Å². The van der Waals surface area contributed by atoms with Gasteiger partial charge in [0.2, 0.25) is 0 Å². The van der Waals surface area contributed by atoms with Gasteiger partial charge in [-0.05, 0) is 35.8 Å². The summed E-state index contributed by atoms with van der Waals surface area (Å²) in [5.41, 5.74) is 2.72. The van der Waals surface area contributed by atoms with Crippen LogP contribution in [-0.2, 0) is 0 Å². The molecular formula is C18H27Cl. The number of benzene rings is 1. The van der Waals surface area contributed by atoms with Crippen molar-refractivity contribution in [1.29, 1.82) is 0 Å². The minimum Gasteiger partial charge on any atom is -0.118 e. The van der Waals surface area contributed by atoms with Crippen LogP contribution in [0.2, 0.25) is 0 Å². The summed E-state index contributed by atoms with van der Waals surface area (Å²) in [6.45, 7) is 4.48. The van der Waals surface area contributed by atoms with Gasteiger partial charge in [0.25, 0.3) is 0 Å². The summed E-state index contributed by atoms with van der Waals surface area (Å²) < 4.78 is 0. The Morgan fingerprint density at radius 3 is 1.84 bits per heavy atom. The van der Waals surface area contributed by atoms with Crippen molar-refractivity contribution in [2.45, 2.75) is 70.1 Å². The molecule has 0 N–H and O–H groups in total. The first-order chi connectivity index (χ1) is 9.18. The molecule has 1 fully saturated rings. The van der Waals surface area contributed by atoms with Gasteiger partial charge in [-0.15, -0.1) is 11.6 Å². The molecule has 0 radical (unpaired) electrons. The number of rotatable bonds is 3. The average Bonchev–Trinajstić information content (AvgIpc) is 2.38. The van der Waals surface area contributed by atoms with Crippen LogP contribution >= 0.6 is 11.6 Å². The van der Waals surface area contributed by atoms with Crippen molar-refractivity contribution in [2.24, 2.45) is 5.92 Å². The molecule has 0 aromatic heterocycles. The third-order valence-electron chi connectivity index (χ3n) is 4.49. The highest BCUT2D eigenvalue weighted by molar-refractivity contribution is 6.21. The molecule has 0 saturated heterocycles. The van der Waals surface area contributed by atoms with Gasteiger partial charge in [-0.3, -0.25) is 0 Å². The van der Waals surface area contributed by atoms with Crippen molar-refractivity contribution in [3.8, 4) is 0 Å². The van der Waals surface area contributed by atoms with E-state index >= 15 is 0 Å². The van der Waals surface area contributed by atoms with Crippen molar-refractivity contribution in [1.82, 2.24) is 0 Å². The maximum atomic E-state index is 6.74. The second kappa shape index (κ2) is 7.33. The van der Waals surface area contributed by atoms with E-state index in [1.165, 1.54) is 56.1 Å². The summed E-state index contributed by atoms with van der Waals surface area (Å²) in [4.78, 5) is 0. The summed E-state index contributed by atoms with van der Waals surface area (Å²) in [5, 5.41) is 0.208. The monoisotopic (exact) mass is 278 g/mol. The molecule has 1 atom stereocenters. The minimum absolute atomic E-state index is 0.208. The van der Waals surface area contributed by atoms with E-state index in [0.717, 1.165) is 0 Å². The van der Waals surface area contributed by atoms with Gasteiger partial charge in [-0.2, -0.15) is 0 Å². The number of halogens is 1. The molecule has 1 saturated carbocycles. The molecule has 19 heavy (non-hydrogen) atoms. The highest BCUT2D eigenvalue weighted by atomic mass is 35.5. The highest BCUT2D eigenvalue weighted by Gasteiger charge is 2.21. The van der Waals surface area contributed by atoms with E-state index in [4.69, 9.17) is 11.6 Å². The largest absolute Gasteiger partial charge is 0.118 e. The molecule has 0 spiro atoms.